The van der Waals surface area contributed by atoms with E-state index in [-0.39, 0.29) is 21.7 Å². The molecule has 0 aromatic heterocycles. The molecule has 3 aliphatic carbocycles. The summed E-state index contributed by atoms with van der Waals surface area (Å²) in [5.41, 5.74) is 0. The van der Waals surface area contributed by atoms with E-state index in [0.29, 0.717) is 17.9 Å². The SMILES string of the molecule is CC1C(C)C(C)C(C)C1C.CC1C(C)C(C)C(C)C1C.[CH2-]C(C[C-]=NC1CCCCC1)C(C)C.[Ti+4]. The fourth-order valence-electron chi connectivity index (χ4n) is 6.53. The summed E-state index contributed by atoms with van der Waals surface area (Å²) in [6.45, 7) is 32.5. The third kappa shape index (κ3) is 10.6. The molecule has 1 atom stereocenters. The Balaban J connectivity index is 0.000000499. The van der Waals surface area contributed by atoms with Crippen LogP contribution < -0.4 is 0 Å². The standard InChI is InChI=1S/C13H23N.2C10H20.Ti/c1-11(2)12(3)9-10-14-13-7-5-4-6-8-13;2*1-6-7(2)9(4)10(5)8(6)3;/h11-13H,3-9H2,1-2H3;2*6-10H,1-5H3;/q-2;;;+4. The van der Waals surface area contributed by atoms with Gasteiger partial charge < -0.3 is 18.1 Å². The Hall–Kier alpha value is 0.384. The van der Waals surface area contributed by atoms with Gasteiger partial charge in [0, 0.05) is 6.04 Å². The molecule has 0 spiro atoms. The Kier molecular flexibility index (Phi) is 17.3. The van der Waals surface area contributed by atoms with Crippen molar-refractivity contribution in [2.75, 3.05) is 0 Å². The fraction of sp³-hybridized carbons (Fsp3) is 0.939. The number of aliphatic imine (C=N–C) groups is 1. The minimum atomic E-state index is 0. The maximum Gasteiger partial charge on any atom is 4.00 e. The first kappa shape index (κ1) is 35.4. The molecular weight excluding hydrogens is 458 g/mol. The molecule has 0 aliphatic heterocycles. The van der Waals surface area contributed by atoms with Crippen molar-refractivity contribution < 1.29 is 21.7 Å². The molecule has 0 amide bonds. The molecule has 202 valence electrons. The average Bonchev–Trinajstić information content (AvgIpc) is 3.10. The first-order chi connectivity index (χ1) is 15.8. The van der Waals surface area contributed by atoms with Crippen molar-refractivity contribution in [2.45, 2.75) is 128 Å². The molecular formula is C33H63NTi+2. The van der Waals surface area contributed by atoms with Crippen LogP contribution in [-0.4, -0.2) is 12.3 Å². The minimum absolute atomic E-state index is 0. The molecule has 0 saturated heterocycles. The maximum atomic E-state index is 4.52. The molecule has 3 fully saturated rings. The third-order valence-corrected chi connectivity index (χ3v) is 11.4. The predicted molar refractivity (Wildman–Crippen MR) is 154 cm³/mol. The fourth-order valence-corrected chi connectivity index (χ4v) is 6.53. The molecule has 0 aromatic rings. The topological polar surface area (TPSA) is 12.4 Å². The second kappa shape index (κ2) is 17.1. The van der Waals surface area contributed by atoms with Gasteiger partial charge in [-0.05, 0) is 72.0 Å². The Morgan fingerprint density at radius 1 is 0.600 bits per heavy atom. The number of rotatable bonds is 4. The summed E-state index contributed by atoms with van der Waals surface area (Å²) >= 11 is 0. The van der Waals surface area contributed by atoms with Crippen LogP contribution in [0.15, 0.2) is 4.99 Å². The van der Waals surface area contributed by atoms with Gasteiger partial charge in [-0.1, -0.05) is 108 Å². The number of hydrogen-bond acceptors (Lipinski definition) is 1. The van der Waals surface area contributed by atoms with Gasteiger partial charge in [-0.25, -0.2) is 0 Å². The zero-order valence-corrected chi connectivity index (χ0v) is 27.5. The first-order valence-corrected chi connectivity index (χ1v) is 15.1. The third-order valence-electron chi connectivity index (χ3n) is 11.4. The van der Waals surface area contributed by atoms with Crippen LogP contribution in [0.5, 0.6) is 0 Å². The van der Waals surface area contributed by atoms with Crippen molar-refractivity contribution >= 4 is 6.21 Å². The van der Waals surface area contributed by atoms with E-state index in [0.717, 1.165) is 65.6 Å². The van der Waals surface area contributed by atoms with Crippen molar-refractivity contribution in [3.63, 3.8) is 0 Å². The second-order valence-electron chi connectivity index (χ2n) is 13.4. The average molecular weight is 522 g/mol. The van der Waals surface area contributed by atoms with E-state index in [2.05, 4.69) is 101 Å². The van der Waals surface area contributed by atoms with E-state index in [4.69, 9.17) is 0 Å². The van der Waals surface area contributed by atoms with Crippen LogP contribution in [0.4, 0.5) is 0 Å². The van der Waals surface area contributed by atoms with Gasteiger partial charge in [-0.3, -0.25) is 0 Å². The van der Waals surface area contributed by atoms with Gasteiger partial charge in [-0.15, -0.1) is 0 Å². The molecule has 3 saturated carbocycles. The molecule has 0 heterocycles. The summed E-state index contributed by atoms with van der Waals surface area (Å²) in [6.07, 6.45) is 10.8. The van der Waals surface area contributed by atoms with Crippen LogP contribution in [0.3, 0.4) is 0 Å². The Bertz CT molecular complexity index is 446. The van der Waals surface area contributed by atoms with Gasteiger partial charge in [0.15, 0.2) is 0 Å². The quantitative estimate of drug-likeness (QED) is 0.198. The molecule has 2 heteroatoms. The van der Waals surface area contributed by atoms with Gasteiger partial charge in [0.05, 0.1) is 0 Å². The monoisotopic (exact) mass is 521 g/mol. The molecule has 0 N–H and O–H groups in total. The number of hydrogen-bond donors (Lipinski definition) is 0. The van der Waals surface area contributed by atoms with Crippen molar-refractivity contribution in [3.05, 3.63) is 6.92 Å². The van der Waals surface area contributed by atoms with Crippen LogP contribution in [0.2, 0.25) is 0 Å². The van der Waals surface area contributed by atoms with E-state index in [1.54, 1.807) is 0 Å². The number of nitrogens with zero attached hydrogens (tertiary/aromatic N) is 1. The summed E-state index contributed by atoms with van der Waals surface area (Å²) in [4.78, 5) is 4.52. The summed E-state index contributed by atoms with van der Waals surface area (Å²) in [7, 11) is 0. The van der Waals surface area contributed by atoms with Crippen molar-refractivity contribution in [3.8, 4) is 0 Å². The van der Waals surface area contributed by atoms with Crippen molar-refractivity contribution in [1.29, 1.82) is 0 Å². The Morgan fingerprint density at radius 3 is 1.14 bits per heavy atom. The van der Waals surface area contributed by atoms with Crippen LogP contribution in [0.1, 0.15) is 122 Å². The van der Waals surface area contributed by atoms with Crippen LogP contribution in [0.25, 0.3) is 0 Å². The minimum Gasteiger partial charge on any atom is -0.500 e. The molecule has 1 nitrogen and oxygen atoms in total. The second-order valence-corrected chi connectivity index (χ2v) is 13.4. The van der Waals surface area contributed by atoms with Crippen molar-refractivity contribution in [2.24, 2.45) is 76.0 Å². The van der Waals surface area contributed by atoms with E-state index in [1.165, 1.54) is 32.1 Å². The Morgan fingerprint density at radius 2 is 0.886 bits per heavy atom. The van der Waals surface area contributed by atoms with Gasteiger partial charge >= 0.3 is 21.7 Å². The molecule has 0 radical (unpaired) electrons. The molecule has 3 rings (SSSR count). The van der Waals surface area contributed by atoms with Crippen LogP contribution >= 0.6 is 0 Å². The van der Waals surface area contributed by atoms with E-state index >= 15 is 0 Å². The normalized spacial score (nSPS) is 40.5. The summed E-state index contributed by atoms with van der Waals surface area (Å²) in [5.74, 6) is 10.5. The smallest absolute Gasteiger partial charge is 0.500 e. The summed E-state index contributed by atoms with van der Waals surface area (Å²) < 4.78 is 0. The maximum absolute atomic E-state index is 4.52. The summed E-state index contributed by atoms with van der Waals surface area (Å²) in [6, 6.07) is 0.572. The van der Waals surface area contributed by atoms with Gasteiger partial charge in [0.1, 0.15) is 0 Å². The van der Waals surface area contributed by atoms with Gasteiger partial charge in [0.2, 0.25) is 0 Å². The molecule has 0 aromatic carbocycles. The molecule has 35 heavy (non-hydrogen) atoms. The molecule has 1 unspecified atom stereocenters. The summed E-state index contributed by atoms with van der Waals surface area (Å²) in [5, 5.41) is 0. The first-order valence-electron chi connectivity index (χ1n) is 15.1. The Labute approximate surface area is 237 Å². The molecule has 0 bridgehead atoms. The molecule has 3 aliphatic rings. The van der Waals surface area contributed by atoms with Gasteiger partial charge in [0.25, 0.3) is 0 Å². The van der Waals surface area contributed by atoms with E-state index < -0.39 is 0 Å². The zero-order valence-electron chi connectivity index (χ0n) is 25.9. The van der Waals surface area contributed by atoms with E-state index in [9.17, 15) is 0 Å². The van der Waals surface area contributed by atoms with Crippen molar-refractivity contribution in [1.82, 2.24) is 0 Å². The van der Waals surface area contributed by atoms with Crippen LogP contribution in [0, 0.1) is 77.9 Å². The van der Waals surface area contributed by atoms with Gasteiger partial charge in [-0.2, -0.15) is 12.3 Å². The largest absolute Gasteiger partial charge is 4.00 e. The zero-order chi connectivity index (χ0) is 26.2. The van der Waals surface area contributed by atoms with Crippen LogP contribution in [-0.2, 0) is 21.7 Å². The predicted octanol–water partition coefficient (Wildman–Crippen LogP) is 10.1. The van der Waals surface area contributed by atoms with E-state index in [1.807, 2.05) is 0 Å².